The van der Waals surface area contributed by atoms with E-state index in [1.165, 1.54) is 11.1 Å². The van der Waals surface area contributed by atoms with Gasteiger partial charge in [-0.15, -0.1) is 0 Å². The van der Waals surface area contributed by atoms with Crippen LogP contribution in [0.4, 0.5) is 4.79 Å². The normalized spacial score (nSPS) is 10.4. The number of ether oxygens (including phenoxy) is 4. The van der Waals surface area contributed by atoms with Gasteiger partial charge in [-0.25, -0.2) is 9.59 Å². The van der Waals surface area contributed by atoms with Crippen LogP contribution in [-0.4, -0.2) is 32.4 Å². The lowest BCUT2D eigenvalue weighted by molar-refractivity contribution is -0.137. The van der Waals surface area contributed by atoms with Gasteiger partial charge in [-0.05, 0) is 84.3 Å². The number of rotatable bonds is 10. The summed E-state index contributed by atoms with van der Waals surface area (Å²) in [4.78, 5) is 22.9. The van der Waals surface area contributed by atoms with Crippen molar-refractivity contribution in [1.29, 1.82) is 0 Å². The SMILES string of the molecule is C=CC(=O)OCCCCOC(=O)Oc1ccc(-c2cc(C)c(-c3ccc(OC)cc3)cc2C)cc1. The first-order valence-corrected chi connectivity index (χ1v) is 11.4. The van der Waals surface area contributed by atoms with E-state index in [0.717, 1.165) is 34.1 Å². The van der Waals surface area contributed by atoms with E-state index in [2.05, 4.69) is 44.7 Å². The Morgan fingerprint density at radius 3 is 1.74 bits per heavy atom. The van der Waals surface area contributed by atoms with Gasteiger partial charge in [0.05, 0.1) is 20.3 Å². The zero-order valence-corrected chi connectivity index (χ0v) is 20.3. The first-order valence-electron chi connectivity index (χ1n) is 11.4. The molecule has 6 heteroatoms. The van der Waals surface area contributed by atoms with Crippen LogP contribution >= 0.6 is 0 Å². The van der Waals surface area contributed by atoms with Gasteiger partial charge < -0.3 is 18.9 Å². The Hall–Kier alpha value is -4.06. The molecule has 0 aliphatic heterocycles. The Bertz CT molecular complexity index is 1160. The molecule has 3 aromatic rings. The van der Waals surface area contributed by atoms with Crippen LogP contribution in [0.15, 0.2) is 73.3 Å². The molecule has 0 bridgehead atoms. The molecule has 6 nitrogen and oxygen atoms in total. The molecule has 0 saturated carbocycles. The van der Waals surface area contributed by atoms with E-state index < -0.39 is 12.1 Å². The second kappa shape index (κ2) is 12.4. The van der Waals surface area contributed by atoms with Crippen LogP contribution in [0.5, 0.6) is 11.5 Å². The van der Waals surface area contributed by atoms with E-state index in [1.54, 1.807) is 19.2 Å². The zero-order chi connectivity index (χ0) is 25.2. The van der Waals surface area contributed by atoms with Crippen LogP contribution in [0.3, 0.4) is 0 Å². The van der Waals surface area contributed by atoms with Crippen LogP contribution in [0.25, 0.3) is 22.3 Å². The number of benzene rings is 3. The number of carbonyl (C=O) groups excluding carboxylic acids is 2. The molecular formula is C29H30O6. The van der Waals surface area contributed by atoms with Crippen molar-refractivity contribution < 1.29 is 28.5 Å². The van der Waals surface area contributed by atoms with Crippen molar-refractivity contribution >= 4 is 12.1 Å². The van der Waals surface area contributed by atoms with Gasteiger partial charge in [0.25, 0.3) is 0 Å². The molecule has 0 N–H and O–H groups in total. The summed E-state index contributed by atoms with van der Waals surface area (Å²) in [5.74, 6) is 0.771. The smallest absolute Gasteiger partial charge is 0.497 e. The highest BCUT2D eigenvalue weighted by molar-refractivity contribution is 5.81. The number of hydrogen-bond acceptors (Lipinski definition) is 6. The molecule has 3 rings (SSSR count). The highest BCUT2D eigenvalue weighted by atomic mass is 16.7. The van der Waals surface area contributed by atoms with E-state index in [1.807, 2.05) is 24.3 Å². The molecule has 0 saturated heterocycles. The van der Waals surface area contributed by atoms with Gasteiger partial charge in [0.1, 0.15) is 11.5 Å². The summed E-state index contributed by atoms with van der Waals surface area (Å²) in [6.07, 6.45) is 1.48. The minimum absolute atomic E-state index is 0.182. The number of carbonyl (C=O) groups is 2. The molecule has 0 fully saturated rings. The van der Waals surface area contributed by atoms with Crippen molar-refractivity contribution in [2.24, 2.45) is 0 Å². The summed E-state index contributed by atoms with van der Waals surface area (Å²) in [6, 6.07) is 19.7. The number of aryl methyl sites for hydroxylation is 2. The summed E-state index contributed by atoms with van der Waals surface area (Å²) < 4.78 is 20.4. The summed E-state index contributed by atoms with van der Waals surface area (Å²) in [5.41, 5.74) is 6.77. The van der Waals surface area contributed by atoms with E-state index in [9.17, 15) is 9.59 Å². The van der Waals surface area contributed by atoms with Crippen molar-refractivity contribution in [3.05, 3.63) is 84.4 Å². The summed E-state index contributed by atoms with van der Waals surface area (Å²) in [5, 5.41) is 0. The Labute approximate surface area is 206 Å². The first-order chi connectivity index (χ1) is 16.9. The van der Waals surface area contributed by atoms with Gasteiger partial charge >= 0.3 is 12.1 Å². The monoisotopic (exact) mass is 474 g/mol. The second-order valence-electron chi connectivity index (χ2n) is 8.01. The van der Waals surface area contributed by atoms with Crippen LogP contribution in [0, 0.1) is 13.8 Å². The van der Waals surface area contributed by atoms with Gasteiger partial charge in [0.2, 0.25) is 0 Å². The fourth-order valence-electron chi connectivity index (χ4n) is 3.63. The zero-order valence-electron chi connectivity index (χ0n) is 20.3. The van der Waals surface area contributed by atoms with Crippen molar-refractivity contribution in [3.63, 3.8) is 0 Å². The highest BCUT2D eigenvalue weighted by Gasteiger charge is 2.11. The Morgan fingerprint density at radius 2 is 1.26 bits per heavy atom. The van der Waals surface area contributed by atoms with E-state index in [0.29, 0.717) is 18.6 Å². The van der Waals surface area contributed by atoms with E-state index in [-0.39, 0.29) is 13.2 Å². The molecule has 0 spiro atoms. The fourth-order valence-corrected chi connectivity index (χ4v) is 3.63. The van der Waals surface area contributed by atoms with Crippen molar-refractivity contribution in [3.8, 4) is 33.8 Å². The second-order valence-corrected chi connectivity index (χ2v) is 8.01. The van der Waals surface area contributed by atoms with E-state index >= 15 is 0 Å². The summed E-state index contributed by atoms with van der Waals surface area (Å²) in [7, 11) is 1.66. The minimum Gasteiger partial charge on any atom is -0.497 e. The lowest BCUT2D eigenvalue weighted by Crippen LogP contribution is -2.12. The molecule has 0 radical (unpaired) electrons. The third kappa shape index (κ3) is 7.21. The largest absolute Gasteiger partial charge is 0.513 e. The van der Waals surface area contributed by atoms with E-state index in [4.69, 9.17) is 18.9 Å². The average molecular weight is 475 g/mol. The summed E-state index contributed by atoms with van der Waals surface area (Å²) >= 11 is 0. The highest BCUT2D eigenvalue weighted by Crippen LogP contribution is 2.33. The van der Waals surface area contributed by atoms with Gasteiger partial charge in [-0.2, -0.15) is 0 Å². The predicted molar refractivity (Wildman–Crippen MR) is 136 cm³/mol. The molecular weight excluding hydrogens is 444 g/mol. The number of hydrogen-bond donors (Lipinski definition) is 0. The Morgan fingerprint density at radius 1 is 0.771 bits per heavy atom. The minimum atomic E-state index is -0.767. The third-order valence-electron chi connectivity index (χ3n) is 5.51. The van der Waals surface area contributed by atoms with Gasteiger partial charge in [0, 0.05) is 6.08 Å². The third-order valence-corrected chi connectivity index (χ3v) is 5.51. The molecule has 0 aliphatic rings. The molecule has 0 atom stereocenters. The maximum atomic E-state index is 11.9. The molecule has 0 heterocycles. The lowest BCUT2D eigenvalue weighted by Gasteiger charge is -2.14. The standard InChI is InChI=1S/C29H30O6/c1-5-28(30)33-16-6-7-17-34-29(31)35-25-14-10-23(11-15-25)27-19-20(2)26(18-21(27)3)22-8-12-24(32-4)13-9-22/h5,8-15,18-19H,1,6-7,16-17H2,2-4H3. The predicted octanol–water partition coefficient (Wildman–Crippen LogP) is 6.67. The Kier molecular flexibility index (Phi) is 9.07. The quantitative estimate of drug-likeness (QED) is 0.141. The fraction of sp³-hybridized carbons (Fsp3) is 0.241. The molecule has 0 amide bonds. The van der Waals surface area contributed by atoms with Crippen LogP contribution in [-0.2, 0) is 14.3 Å². The Balaban J connectivity index is 1.57. The van der Waals surface area contributed by atoms with Crippen LogP contribution in [0.1, 0.15) is 24.0 Å². The maximum Gasteiger partial charge on any atom is 0.513 e. The van der Waals surface area contributed by atoms with Gasteiger partial charge in [-0.3, -0.25) is 0 Å². The number of unbranched alkanes of at least 4 members (excludes halogenated alkanes) is 1. The molecule has 35 heavy (non-hydrogen) atoms. The molecule has 0 aliphatic carbocycles. The van der Waals surface area contributed by atoms with Crippen molar-refractivity contribution in [2.75, 3.05) is 20.3 Å². The number of esters is 1. The first kappa shape index (κ1) is 25.6. The van der Waals surface area contributed by atoms with Gasteiger partial charge in [0.15, 0.2) is 0 Å². The average Bonchev–Trinajstić information content (AvgIpc) is 2.87. The topological polar surface area (TPSA) is 71.1 Å². The van der Waals surface area contributed by atoms with Crippen LogP contribution < -0.4 is 9.47 Å². The number of methoxy groups -OCH3 is 1. The molecule has 0 aromatic heterocycles. The summed E-state index contributed by atoms with van der Waals surface area (Å²) in [6.45, 7) is 7.94. The van der Waals surface area contributed by atoms with Crippen molar-refractivity contribution in [1.82, 2.24) is 0 Å². The molecule has 3 aromatic carbocycles. The maximum absolute atomic E-state index is 11.9. The molecule has 0 unspecified atom stereocenters. The van der Waals surface area contributed by atoms with Gasteiger partial charge in [-0.1, -0.05) is 43.0 Å². The molecule has 182 valence electrons. The lowest BCUT2D eigenvalue weighted by atomic mass is 9.92. The van der Waals surface area contributed by atoms with Crippen molar-refractivity contribution in [2.45, 2.75) is 26.7 Å². The van der Waals surface area contributed by atoms with Crippen LogP contribution in [0.2, 0.25) is 0 Å².